The third kappa shape index (κ3) is 2.75. The van der Waals surface area contributed by atoms with E-state index in [0.29, 0.717) is 22.3 Å². The van der Waals surface area contributed by atoms with Gasteiger partial charge in [0.2, 0.25) is 11.9 Å². The number of anilines is 1. The zero-order chi connectivity index (χ0) is 16.8. The predicted octanol–water partition coefficient (Wildman–Crippen LogP) is 2.33. The van der Waals surface area contributed by atoms with Crippen molar-refractivity contribution in [1.82, 2.24) is 10.6 Å². The summed E-state index contributed by atoms with van der Waals surface area (Å²) in [6, 6.07) is 8.95. The summed E-state index contributed by atoms with van der Waals surface area (Å²) in [7, 11) is 0. The van der Waals surface area contributed by atoms with Gasteiger partial charge in [-0.1, -0.05) is 32.9 Å². The molecule has 0 bridgehead atoms. The number of carbonyl (C=O) groups excluding carboxylic acids is 2. The van der Waals surface area contributed by atoms with Crippen LogP contribution in [0.2, 0.25) is 0 Å². The Labute approximate surface area is 133 Å². The zero-order valence-corrected chi connectivity index (χ0v) is 13.2. The molecule has 0 atom stereocenters. The monoisotopic (exact) mass is 309 g/mol. The molecule has 6 nitrogen and oxygen atoms in total. The van der Waals surface area contributed by atoms with Crippen molar-refractivity contribution >= 4 is 39.9 Å². The van der Waals surface area contributed by atoms with Crippen LogP contribution in [0.1, 0.15) is 31.1 Å². The number of fused-ring (bicyclic) bond motifs is 3. The number of guanidine groups is 1. The van der Waals surface area contributed by atoms with Crippen LogP contribution >= 0.6 is 0 Å². The standard InChI is InChI=1S/C17H17N4O2/c1-17(2,3)15(23)21-16-19-12-7-5-9-4-6-10(18)8-11(9)13(12)14(22)20-16/h4-8H,18H2,1-3H3,(H,19,21,23). The normalized spacial score (nSPS) is 14.0. The van der Waals surface area contributed by atoms with E-state index in [2.05, 4.69) is 15.6 Å². The van der Waals surface area contributed by atoms with Crippen LogP contribution in [0.5, 0.6) is 0 Å². The number of rotatable bonds is 0. The Balaban J connectivity index is 2.06. The van der Waals surface area contributed by atoms with Gasteiger partial charge in [0.25, 0.3) is 5.91 Å². The summed E-state index contributed by atoms with van der Waals surface area (Å²) in [5.41, 5.74) is 6.66. The zero-order valence-electron chi connectivity index (χ0n) is 13.2. The molecule has 0 aromatic heterocycles. The van der Waals surface area contributed by atoms with Crippen LogP contribution in [0.15, 0.2) is 35.3 Å². The van der Waals surface area contributed by atoms with Crippen molar-refractivity contribution in [3.8, 4) is 0 Å². The Morgan fingerprint density at radius 3 is 2.57 bits per heavy atom. The molecule has 3 N–H and O–H groups in total. The van der Waals surface area contributed by atoms with Crippen molar-refractivity contribution in [3.63, 3.8) is 0 Å². The van der Waals surface area contributed by atoms with E-state index in [9.17, 15) is 9.59 Å². The van der Waals surface area contributed by atoms with Gasteiger partial charge in [0, 0.05) is 11.1 Å². The molecule has 1 heterocycles. The van der Waals surface area contributed by atoms with Crippen molar-refractivity contribution in [2.24, 2.45) is 10.4 Å². The Morgan fingerprint density at radius 2 is 1.87 bits per heavy atom. The first-order valence-electron chi connectivity index (χ1n) is 7.24. The lowest BCUT2D eigenvalue weighted by Crippen LogP contribution is -2.45. The molecule has 1 aliphatic heterocycles. The molecule has 0 saturated heterocycles. The van der Waals surface area contributed by atoms with Gasteiger partial charge >= 0.3 is 0 Å². The molecule has 1 aliphatic rings. The summed E-state index contributed by atoms with van der Waals surface area (Å²) < 4.78 is 0. The molecular weight excluding hydrogens is 292 g/mol. The summed E-state index contributed by atoms with van der Waals surface area (Å²) in [5.74, 6) is -0.664. The number of carbonyl (C=O) groups is 2. The lowest BCUT2D eigenvalue weighted by atomic mass is 9.96. The van der Waals surface area contributed by atoms with Gasteiger partial charge in [0.05, 0.1) is 11.3 Å². The van der Waals surface area contributed by atoms with E-state index < -0.39 is 11.3 Å². The van der Waals surface area contributed by atoms with E-state index in [1.165, 1.54) is 0 Å². The minimum Gasteiger partial charge on any atom is -0.399 e. The van der Waals surface area contributed by atoms with Gasteiger partial charge in [-0.25, -0.2) is 4.99 Å². The molecule has 0 fully saturated rings. The summed E-state index contributed by atoms with van der Waals surface area (Å²) in [6.07, 6.45) is 0. The Morgan fingerprint density at radius 1 is 1.17 bits per heavy atom. The fourth-order valence-electron chi connectivity index (χ4n) is 2.28. The summed E-state index contributed by atoms with van der Waals surface area (Å²) in [5, 5.41) is 8.08. The summed E-state index contributed by atoms with van der Waals surface area (Å²) in [6.45, 7) is 5.33. The minimum absolute atomic E-state index is 0.0191. The summed E-state index contributed by atoms with van der Waals surface area (Å²) in [4.78, 5) is 28.7. The Kier molecular flexibility index (Phi) is 3.32. The minimum atomic E-state index is -0.598. The van der Waals surface area contributed by atoms with Crippen LogP contribution < -0.4 is 16.4 Å². The quantitative estimate of drug-likeness (QED) is 0.731. The molecule has 6 heteroatoms. The Hall–Kier alpha value is -2.89. The topological polar surface area (TPSA) is 98.7 Å². The van der Waals surface area contributed by atoms with Gasteiger partial charge in [-0.15, -0.1) is 0 Å². The molecule has 0 unspecified atom stereocenters. The number of hydrogen-bond acceptors (Lipinski definition) is 4. The highest BCUT2D eigenvalue weighted by Crippen LogP contribution is 2.31. The SMILES string of the molecule is CC(C)(C)C(=O)NC1=Nc2ccc3ccc(N)cc3c2C(=O)[N]1. The van der Waals surface area contributed by atoms with Crippen LogP contribution in [0.4, 0.5) is 11.4 Å². The molecule has 117 valence electrons. The first kappa shape index (κ1) is 15.0. The number of nitrogens with zero attached hydrogens (tertiary/aromatic N) is 2. The van der Waals surface area contributed by atoms with Crippen molar-refractivity contribution in [2.45, 2.75) is 20.8 Å². The lowest BCUT2D eigenvalue weighted by molar-refractivity contribution is -0.127. The van der Waals surface area contributed by atoms with Crippen molar-refractivity contribution in [2.75, 3.05) is 5.73 Å². The van der Waals surface area contributed by atoms with Crippen LogP contribution in [-0.2, 0) is 4.79 Å². The second kappa shape index (κ2) is 5.08. The molecule has 2 aromatic carbocycles. The van der Waals surface area contributed by atoms with E-state index >= 15 is 0 Å². The van der Waals surface area contributed by atoms with Gasteiger partial charge in [0.1, 0.15) is 0 Å². The average molecular weight is 309 g/mol. The fraction of sp³-hybridized carbons (Fsp3) is 0.235. The maximum absolute atomic E-state index is 12.4. The molecule has 2 aromatic rings. The van der Waals surface area contributed by atoms with E-state index in [4.69, 9.17) is 5.73 Å². The maximum Gasteiger partial charge on any atom is 0.283 e. The van der Waals surface area contributed by atoms with Gasteiger partial charge < -0.3 is 5.73 Å². The maximum atomic E-state index is 12.4. The third-order valence-electron chi connectivity index (χ3n) is 3.58. The van der Waals surface area contributed by atoms with Gasteiger partial charge in [-0.3, -0.25) is 14.9 Å². The average Bonchev–Trinajstić information content (AvgIpc) is 2.45. The second-order valence-electron chi connectivity index (χ2n) is 6.50. The van der Waals surface area contributed by atoms with Gasteiger partial charge in [0.15, 0.2) is 0 Å². The third-order valence-corrected chi connectivity index (χ3v) is 3.58. The molecule has 23 heavy (non-hydrogen) atoms. The number of hydrogen-bond donors (Lipinski definition) is 2. The van der Waals surface area contributed by atoms with E-state index in [1.54, 1.807) is 39.0 Å². The number of nitrogens with two attached hydrogens (primary N) is 1. The largest absolute Gasteiger partial charge is 0.399 e. The number of aliphatic imine (C=N–C) groups is 1. The molecule has 2 amide bonds. The van der Waals surface area contributed by atoms with E-state index in [1.807, 2.05) is 12.1 Å². The molecule has 0 saturated carbocycles. The first-order chi connectivity index (χ1) is 10.8. The number of amides is 2. The van der Waals surface area contributed by atoms with Gasteiger partial charge in [-0.05, 0) is 29.0 Å². The highest BCUT2D eigenvalue weighted by atomic mass is 16.2. The predicted molar refractivity (Wildman–Crippen MR) is 89.5 cm³/mol. The number of nitrogens with one attached hydrogen (secondary N) is 1. The number of nitrogen functional groups attached to an aromatic ring is 1. The van der Waals surface area contributed by atoms with Crippen LogP contribution in [0.3, 0.4) is 0 Å². The fourth-order valence-corrected chi connectivity index (χ4v) is 2.28. The van der Waals surface area contributed by atoms with Gasteiger partial charge in [-0.2, -0.15) is 5.32 Å². The van der Waals surface area contributed by atoms with Crippen LogP contribution in [0, 0.1) is 5.41 Å². The summed E-state index contributed by atoms with van der Waals surface area (Å²) >= 11 is 0. The molecule has 3 rings (SSSR count). The molecule has 0 spiro atoms. The van der Waals surface area contributed by atoms with E-state index in [-0.39, 0.29) is 11.9 Å². The lowest BCUT2D eigenvalue weighted by Gasteiger charge is -2.20. The van der Waals surface area contributed by atoms with Crippen molar-refractivity contribution in [3.05, 3.63) is 35.9 Å². The number of benzene rings is 2. The molecule has 0 aliphatic carbocycles. The van der Waals surface area contributed by atoms with Crippen LogP contribution in [0.25, 0.3) is 10.8 Å². The van der Waals surface area contributed by atoms with Crippen LogP contribution in [-0.4, -0.2) is 17.8 Å². The second-order valence-corrected chi connectivity index (χ2v) is 6.50. The Bertz CT molecular complexity index is 863. The molecular formula is C17H17N4O2. The first-order valence-corrected chi connectivity index (χ1v) is 7.24. The van der Waals surface area contributed by atoms with Crippen molar-refractivity contribution in [1.29, 1.82) is 0 Å². The van der Waals surface area contributed by atoms with E-state index in [0.717, 1.165) is 5.39 Å². The smallest absolute Gasteiger partial charge is 0.283 e. The highest BCUT2D eigenvalue weighted by molar-refractivity contribution is 6.20. The highest BCUT2D eigenvalue weighted by Gasteiger charge is 2.28. The molecule has 1 radical (unpaired) electrons. The van der Waals surface area contributed by atoms with Crippen molar-refractivity contribution < 1.29 is 9.59 Å².